The van der Waals surface area contributed by atoms with Gasteiger partial charge in [0.1, 0.15) is 0 Å². The van der Waals surface area contributed by atoms with Crippen LogP contribution in [-0.4, -0.2) is 30.3 Å². The van der Waals surface area contributed by atoms with Crippen LogP contribution >= 0.6 is 23.8 Å². The monoisotopic (exact) mass is 371 g/mol. The Bertz CT molecular complexity index is 779. The third kappa shape index (κ3) is 5.02. The van der Waals surface area contributed by atoms with Crippen molar-refractivity contribution in [3.63, 3.8) is 0 Å². The van der Waals surface area contributed by atoms with Crippen molar-refractivity contribution in [1.29, 1.82) is 0 Å². The molecule has 0 atom stereocenters. The van der Waals surface area contributed by atoms with Crippen molar-refractivity contribution in [3.05, 3.63) is 41.6 Å². The topological polar surface area (TPSA) is 96.0 Å². The minimum absolute atomic E-state index is 0.0879. The molecule has 7 nitrogen and oxygen atoms in total. The number of hydrogen-bond acceptors (Lipinski definition) is 5. The van der Waals surface area contributed by atoms with E-state index in [1.54, 1.807) is 12.1 Å². The van der Waals surface area contributed by atoms with E-state index in [1.165, 1.54) is 24.3 Å². The fraction of sp³-hybridized carbons (Fsp3) is 0.154. The minimum Gasteiger partial charge on any atom is -0.363 e. The maximum Gasteiger partial charge on any atom is 0.263 e. The minimum atomic E-state index is -3.75. The molecule has 3 N–H and O–H groups in total. The van der Waals surface area contributed by atoms with Gasteiger partial charge in [0.15, 0.2) is 16.1 Å². The summed E-state index contributed by atoms with van der Waals surface area (Å²) < 4.78 is 26.8. The van der Waals surface area contributed by atoms with Crippen molar-refractivity contribution in [2.75, 3.05) is 16.6 Å². The summed E-state index contributed by atoms with van der Waals surface area (Å²) in [5.74, 6) is 0.0879. The van der Waals surface area contributed by atoms with Gasteiger partial charge in [0, 0.05) is 12.2 Å². The number of nitrogens with zero attached hydrogens (tertiary/aromatic N) is 2. The summed E-state index contributed by atoms with van der Waals surface area (Å²) in [5.41, 5.74) is 0.682. The molecule has 0 fully saturated rings. The van der Waals surface area contributed by atoms with Gasteiger partial charge in [0.05, 0.1) is 4.90 Å². The first kappa shape index (κ1) is 17.4. The number of hydrogen-bond donors (Lipinski definition) is 3. The van der Waals surface area contributed by atoms with Crippen LogP contribution in [0.15, 0.2) is 41.3 Å². The van der Waals surface area contributed by atoms with Gasteiger partial charge in [-0.05, 0) is 55.5 Å². The maximum atomic E-state index is 12.3. The number of benzene rings is 1. The molecular weight excluding hydrogens is 358 g/mol. The fourth-order valence-electron chi connectivity index (χ4n) is 1.62. The molecule has 0 aliphatic heterocycles. The highest BCUT2D eigenvalue weighted by atomic mass is 35.5. The van der Waals surface area contributed by atoms with E-state index in [1.807, 2.05) is 6.92 Å². The first-order chi connectivity index (χ1) is 10.9. The number of rotatable bonds is 5. The summed E-state index contributed by atoms with van der Waals surface area (Å²) in [6.45, 7) is 2.62. The van der Waals surface area contributed by atoms with Gasteiger partial charge in [0.25, 0.3) is 10.0 Å². The van der Waals surface area contributed by atoms with Crippen LogP contribution in [0.2, 0.25) is 5.15 Å². The molecule has 0 amide bonds. The Morgan fingerprint density at radius 1 is 1.17 bits per heavy atom. The zero-order valence-electron chi connectivity index (χ0n) is 12.1. The molecule has 0 aliphatic rings. The average Bonchev–Trinajstić information content (AvgIpc) is 2.50. The first-order valence-corrected chi connectivity index (χ1v) is 8.84. The predicted molar refractivity (Wildman–Crippen MR) is 94.2 cm³/mol. The molecule has 122 valence electrons. The molecule has 10 heteroatoms. The number of aromatic nitrogens is 2. The molecule has 23 heavy (non-hydrogen) atoms. The quantitative estimate of drug-likeness (QED) is 0.693. The molecule has 0 radical (unpaired) electrons. The molecule has 2 aromatic rings. The summed E-state index contributed by atoms with van der Waals surface area (Å²) in [6, 6.07) is 9.03. The Balaban J connectivity index is 2.11. The largest absolute Gasteiger partial charge is 0.363 e. The molecule has 1 heterocycles. The zero-order chi connectivity index (χ0) is 16.9. The molecular formula is C13H14ClN5O2S2. The third-order valence-corrected chi connectivity index (χ3v) is 4.45. The van der Waals surface area contributed by atoms with Gasteiger partial charge in [-0.1, -0.05) is 11.6 Å². The van der Waals surface area contributed by atoms with Gasteiger partial charge in [0.2, 0.25) is 0 Å². The maximum absolute atomic E-state index is 12.3. The van der Waals surface area contributed by atoms with E-state index in [0.29, 0.717) is 17.3 Å². The number of anilines is 2. The van der Waals surface area contributed by atoms with Crippen LogP contribution in [0.1, 0.15) is 6.92 Å². The molecule has 0 bridgehead atoms. The second-order valence-corrected chi connectivity index (χ2v) is 6.83. The van der Waals surface area contributed by atoms with E-state index in [9.17, 15) is 8.42 Å². The highest BCUT2D eigenvalue weighted by Crippen LogP contribution is 2.17. The van der Waals surface area contributed by atoms with Crippen molar-refractivity contribution in [3.8, 4) is 0 Å². The van der Waals surface area contributed by atoms with Gasteiger partial charge in [-0.25, -0.2) is 8.42 Å². The molecule has 0 aliphatic carbocycles. The highest BCUT2D eigenvalue weighted by molar-refractivity contribution is 7.92. The normalized spacial score (nSPS) is 10.9. The summed E-state index contributed by atoms with van der Waals surface area (Å²) in [6.07, 6.45) is 0. The van der Waals surface area contributed by atoms with E-state index >= 15 is 0 Å². The van der Waals surface area contributed by atoms with E-state index < -0.39 is 10.0 Å². The van der Waals surface area contributed by atoms with E-state index in [2.05, 4.69) is 25.6 Å². The van der Waals surface area contributed by atoms with Gasteiger partial charge in [-0.15, -0.1) is 10.2 Å². The van der Waals surface area contributed by atoms with E-state index in [0.717, 1.165) is 0 Å². The Hall–Kier alpha value is -1.97. The highest BCUT2D eigenvalue weighted by Gasteiger charge is 2.15. The molecule has 0 unspecified atom stereocenters. The van der Waals surface area contributed by atoms with Crippen LogP contribution in [0.4, 0.5) is 11.5 Å². The van der Waals surface area contributed by atoms with Crippen molar-refractivity contribution >= 4 is 50.5 Å². The number of thiocarbonyl (C=S) groups is 1. The summed E-state index contributed by atoms with van der Waals surface area (Å²) in [7, 11) is -3.75. The third-order valence-electron chi connectivity index (χ3n) is 2.63. The second kappa shape index (κ2) is 7.53. The first-order valence-electron chi connectivity index (χ1n) is 6.57. The van der Waals surface area contributed by atoms with Crippen molar-refractivity contribution in [1.82, 2.24) is 15.5 Å². The number of nitrogens with one attached hydrogen (secondary N) is 3. The molecule has 0 saturated carbocycles. The Morgan fingerprint density at radius 2 is 1.87 bits per heavy atom. The smallest absolute Gasteiger partial charge is 0.263 e. The van der Waals surface area contributed by atoms with Crippen LogP contribution in [0.5, 0.6) is 0 Å². The standard InChI is InChI=1S/C13H14ClN5O2S2/c1-2-15-13(22)16-9-3-5-10(6-4-9)23(20,21)19-12-8-7-11(14)17-18-12/h3-8H,2H2,1H3,(H,18,19)(H2,15,16,22). The second-order valence-electron chi connectivity index (χ2n) is 4.36. The van der Waals surface area contributed by atoms with Crippen LogP contribution in [-0.2, 0) is 10.0 Å². The van der Waals surface area contributed by atoms with Gasteiger partial charge in [-0.3, -0.25) is 4.72 Å². The van der Waals surface area contributed by atoms with Gasteiger partial charge >= 0.3 is 0 Å². The summed E-state index contributed by atoms with van der Waals surface area (Å²) in [4.78, 5) is 0.0918. The van der Waals surface area contributed by atoms with E-state index in [4.69, 9.17) is 23.8 Å². The molecule has 1 aromatic carbocycles. The Labute approximate surface area is 144 Å². The van der Waals surface area contributed by atoms with Crippen LogP contribution < -0.4 is 15.4 Å². The molecule has 2 rings (SSSR count). The summed E-state index contributed by atoms with van der Waals surface area (Å²) >= 11 is 10.7. The lowest BCUT2D eigenvalue weighted by Gasteiger charge is -2.10. The van der Waals surface area contributed by atoms with Crippen LogP contribution in [0, 0.1) is 0 Å². The molecule has 0 saturated heterocycles. The van der Waals surface area contributed by atoms with Crippen molar-refractivity contribution < 1.29 is 8.42 Å². The van der Waals surface area contributed by atoms with E-state index in [-0.39, 0.29) is 15.9 Å². The Kier molecular flexibility index (Phi) is 5.69. The zero-order valence-corrected chi connectivity index (χ0v) is 14.5. The fourth-order valence-corrected chi connectivity index (χ4v) is 2.98. The van der Waals surface area contributed by atoms with Gasteiger partial charge in [-0.2, -0.15) is 0 Å². The number of sulfonamides is 1. The van der Waals surface area contributed by atoms with Crippen LogP contribution in [0.3, 0.4) is 0 Å². The van der Waals surface area contributed by atoms with Crippen molar-refractivity contribution in [2.45, 2.75) is 11.8 Å². The van der Waals surface area contributed by atoms with Crippen molar-refractivity contribution in [2.24, 2.45) is 0 Å². The number of halogens is 1. The Morgan fingerprint density at radius 3 is 2.43 bits per heavy atom. The SMILES string of the molecule is CCNC(=S)Nc1ccc(S(=O)(=O)Nc2ccc(Cl)nn2)cc1. The average molecular weight is 372 g/mol. The predicted octanol–water partition coefficient (Wildman–Crippen LogP) is 2.24. The summed E-state index contributed by atoms with van der Waals surface area (Å²) in [5, 5.41) is 13.8. The lowest BCUT2D eigenvalue weighted by molar-refractivity contribution is 0.601. The molecule has 1 aromatic heterocycles. The lowest BCUT2D eigenvalue weighted by Crippen LogP contribution is -2.27. The molecule has 0 spiro atoms. The van der Waals surface area contributed by atoms with Crippen LogP contribution in [0.25, 0.3) is 0 Å². The lowest BCUT2D eigenvalue weighted by atomic mass is 10.3. The van der Waals surface area contributed by atoms with Gasteiger partial charge < -0.3 is 10.6 Å².